The third kappa shape index (κ3) is 6.60. The highest BCUT2D eigenvalue weighted by Crippen LogP contribution is 2.29. The summed E-state index contributed by atoms with van der Waals surface area (Å²) in [4.78, 5) is 36.7. The number of fused-ring (bicyclic) bond motifs is 1. The van der Waals surface area contributed by atoms with Crippen LogP contribution in [0.4, 0.5) is 17.2 Å². The summed E-state index contributed by atoms with van der Waals surface area (Å²) in [6.45, 7) is 6.75. The van der Waals surface area contributed by atoms with Crippen LogP contribution in [0.3, 0.4) is 0 Å². The number of amides is 2. The third-order valence-electron chi connectivity index (χ3n) is 7.21. The number of pyridine rings is 1. The van der Waals surface area contributed by atoms with Crippen molar-refractivity contribution in [2.75, 3.05) is 36.9 Å². The van der Waals surface area contributed by atoms with E-state index in [9.17, 15) is 9.59 Å². The van der Waals surface area contributed by atoms with Gasteiger partial charge in [-0.05, 0) is 63.6 Å². The molecule has 3 heterocycles. The topological polar surface area (TPSA) is 108 Å². The van der Waals surface area contributed by atoms with Crippen molar-refractivity contribution in [2.45, 2.75) is 58.0 Å². The first kappa shape index (κ1) is 26.4. The number of hydrogen-bond acceptors (Lipinski definition) is 8. The minimum absolute atomic E-state index is 0.105. The Kier molecular flexibility index (Phi) is 8.38. The standard InChI is InChI=1S/C28H36N6O3S/c1-18(2)31-24-15-26(32-21-7-8-23-25(14-21)38-17-30-23)29-16-22(24)28(36)33-20-5-3-19(4-6-20)13-27(35)34-9-11-37-12-10-34/h7-8,14-20H,3-6,9-13H2,1-2H3,(H,33,36)(H2,29,31,32). The summed E-state index contributed by atoms with van der Waals surface area (Å²) in [5.41, 5.74) is 5.01. The fraction of sp³-hybridized carbons (Fsp3) is 0.500. The third-order valence-corrected chi connectivity index (χ3v) is 8.00. The van der Waals surface area contributed by atoms with E-state index in [-0.39, 0.29) is 23.9 Å². The average Bonchev–Trinajstić information content (AvgIpc) is 3.38. The van der Waals surface area contributed by atoms with Crippen molar-refractivity contribution in [1.29, 1.82) is 0 Å². The molecule has 10 heteroatoms. The number of hydrogen-bond donors (Lipinski definition) is 3. The number of aromatic nitrogens is 2. The minimum atomic E-state index is -0.119. The van der Waals surface area contributed by atoms with Crippen molar-refractivity contribution in [3.05, 3.63) is 41.5 Å². The molecule has 3 aromatic rings. The van der Waals surface area contributed by atoms with Crippen LogP contribution in [0.1, 0.15) is 56.3 Å². The molecule has 1 saturated heterocycles. The Morgan fingerprint density at radius 3 is 2.66 bits per heavy atom. The van der Waals surface area contributed by atoms with Crippen molar-refractivity contribution in [3.63, 3.8) is 0 Å². The van der Waals surface area contributed by atoms with Crippen LogP contribution >= 0.6 is 11.3 Å². The lowest BCUT2D eigenvalue weighted by Gasteiger charge is -2.32. The molecule has 0 bridgehead atoms. The number of benzene rings is 1. The van der Waals surface area contributed by atoms with Gasteiger partial charge in [-0.1, -0.05) is 0 Å². The van der Waals surface area contributed by atoms with Crippen LogP contribution in [0.15, 0.2) is 36.0 Å². The lowest BCUT2D eigenvalue weighted by atomic mass is 9.83. The van der Waals surface area contributed by atoms with Crippen molar-refractivity contribution in [1.82, 2.24) is 20.2 Å². The summed E-state index contributed by atoms with van der Waals surface area (Å²) >= 11 is 1.60. The number of morpholine rings is 1. The van der Waals surface area contributed by atoms with Crippen LogP contribution in [0.2, 0.25) is 0 Å². The Morgan fingerprint density at radius 2 is 1.89 bits per heavy atom. The first-order valence-electron chi connectivity index (χ1n) is 13.5. The van der Waals surface area contributed by atoms with Gasteiger partial charge in [0, 0.05) is 49.5 Å². The highest BCUT2D eigenvalue weighted by atomic mass is 32.1. The van der Waals surface area contributed by atoms with Gasteiger partial charge in [0.1, 0.15) is 5.82 Å². The second kappa shape index (κ2) is 12.1. The van der Waals surface area contributed by atoms with E-state index >= 15 is 0 Å². The lowest BCUT2D eigenvalue weighted by Crippen LogP contribution is -2.42. The highest BCUT2D eigenvalue weighted by molar-refractivity contribution is 7.16. The molecule has 3 N–H and O–H groups in total. The van der Waals surface area contributed by atoms with E-state index < -0.39 is 0 Å². The van der Waals surface area contributed by atoms with E-state index in [2.05, 4.69) is 32.0 Å². The van der Waals surface area contributed by atoms with Crippen LogP contribution in [0, 0.1) is 5.92 Å². The largest absolute Gasteiger partial charge is 0.382 e. The fourth-order valence-electron chi connectivity index (χ4n) is 5.18. The molecule has 1 aromatic carbocycles. The maximum Gasteiger partial charge on any atom is 0.255 e. The lowest BCUT2D eigenvalue weighted by molar-refractivity contribution is -0.136. The molecular formula is C28H36N6O3S. The minimum Gasteiger partial charge on any atom is -0.382 e. The Balaban J connectivity index is 1.18. The zero-order valence-electron chi connectivity index (χ0n) is 22.0. The van der Waals surface area contributed by atoms with Gasteiger partial charge >= 0.3 is 0 Å². The summed E-state index contributed by atoms with van der Waals surface area (Å²) in [6.07, 6.45) is 5.89. The Labute approximate surface area is 227 Å². The van der Waals surface area contributed by atoms with Gasteiger partial charge in [-0.2, -0.15) is 0 Å². The van der Waals surface area contributed by atoms with Crippen LogP contribution in [0.5, 0.6) is 0 Å². The van der Waals surface area contributed by atoms with Gasteiger partial charge in [-0.25, -0.2) is 9.97 Å². The molecule has 2 aromatic heterocycles. The molecule has 0 unspecified atom stereocenters. The molecule has 0 radical (unpaired) electrons. The van der Waals surface area contributed by atoms with Crippen molar-refractivity contribution in [2.24, 2.45) is 5.92 Å². The second-order valence-electron chi connectivity index (χ2n) is 10.5. The fourth-order valence-corrected chi connectivity index (χ4v) is 5.90. The number of nitrogens with zero attached hydrogens (tertiary/aromatic N) is 3. The van der Waals surface area contributed by atoms with E-state index in [0.29, 0.717) is 50.0 Å². The highest BCUT2D eigenvalue weighted by Gasteiger charge is 2.27. The summed E-state index contributed by atoms with van der Waals surface area (Å²) < 4.78 is 6.46. The summed E-state index contributed by atoms with van der Waals surface area (Å²) in [6, 6.07) is 8.16. The predicted octanol–water partition coefficient (Wildman–Crippen LogP) is 4.79. The first-order chi connectivity index (χ1) is 18.4. The molecule has 2 fully saturated rings. The molecular weight excluding hydrogens is 500 g/mol. The maximum atomic E-state index is 13.3. The predicted molar refractivity (Wildman–Crippen MR) is 151 cm³/mol. The molecule has 202 valence electrons. The monoisotopic (exact) mass is 536 g/mol. The van der Waals surface area contributed by atoms with Crippen molar-refractivity contribution in [3.8, 4) is 0 Å². The van der Waals surface area contributed by atoms with Crippen LogP contribution in [0.25, 0.3) is 10.2 Å². The Hall–Kier alpha value is -3.24. The molecule has 5 rings (SSSR count). The number of rotatable bonds is 8. The molecule has 0 spiro atoms. The molecule has 1 saturated carbocycles. The van der Waals surface area contributed by atoms with Gasteiger partial charge in [0.05, 0.1) is 40.2 Å². The van der Waals surface area contributed by atoms with Crippen LogP contribution < -0.4 is 16.0 Å². The number of ether oxygens (including phenoxy) is 1. The Bertz CT molecular complexity index is 1260. The molecule has 2 amide bonds. The molecule has 38 heavy (non-hydrogen) atoms. The van der Waals surface area contributed by atoms with Crippen LogP contribution in [-0.2, 0) is 9.53 Å². The normalized spacial score (nSPS) is 19.9. The van der Waals surface area contributed by atoms with Gasteiger partial charge in [-0.15, -0.1) is 11.3 Å². The molecule has 1 aliphatic carbocycles. The molecule has 1 aliphatic heterocycles. The van der Waals surface area contributed by atoms with Gasteiger partial charge in [0.2, 0.25) is 5.91 Å². The van der Waals surface area contributed by atoms with E-state index in [0.717, 1.165) is 47.3 Å². The van der Waals surface area contributed by atoms with Crippen LogP contribution in [-0.4, -0.2) is 65.1 Å². The SMILES string of the molecule is CC(C)Nc1cc(Nc2ccc3ncsc3c2)ncc1C(=O)NC1CCC(CC(=O)N2CCOCC2)CC1. The maximum absolute atomic E-state index is 13.3. The quantitative estimate of drug-likeness (QED) is 0.380. The van der Waals surface area contributed by atoms with Gasteiger partial charge in [-0.3, -0.25) is 9.59 Å². The van der Waals surface area contributed by atoms with E-state index in [4.69, 9.17) is 4.74 Å². The van der Waals surface area contributed by atoms with E-state index in [1.54, 1.807) is 17.5 Å². The number of thiazole rings is 1. The second-order valence-corrected chi connectivity index (χ2v) is 11.3. The number of carbonyl (C=O) groups is 2. The Morgan fingerprint density at radius 1 is 1.11 bits per heavy atom. The summed E-state index contributed by atoms with van der Waals surface area (Å²) in [7, 11) is 0. The first-order valence-corrected chi connectivity index (χ1v) is 14.4. The zero-order chi connectivity index (χ0) is 26.5. The molecule has 9 nitrogen and oxygen atoms in total. The average molecular weight is 537 g/mol. The van der Waals surface area contributed by atoms with Gasteiger partial charge in [0.25, 0.3) is 5.91 Å². The van der Waals surface area contributed by atoms with Gasteiger partial charge < -0.3 is 25.6 Å². The smallest absolute Gasteiger partial charge is 0.255 e. The van der Waals surface area contributed by atoms with Crippen molar-refractivity contribution >= 4 is 50.6 Å². The molecule has 0 atom stereocenters. The molecule has 2 aliphatic rings. The van der Waals surface area contributed by atoms with Gasteiger partial charge in [0.15, 0.2) is 0 Å². The number of nitrogens with one attached hydrogen (secondary N) is 3. The summed E-state index contributed by atoms with van der Waals surface area (Å²) in [5.74, 6) is 1.16. The number of anilines is 3. The van der Waals surface area contributed by atoms with E-state index in [1.165, 1.54) is 0 Å². The van der Waals surface area contributed by atoms with E-state index in [1.807, 2.05) is 42.5 Å². The zero-order valence-corrected chi connectivity index (χ0v) is 22.9. The number of carbonyl (C=O) groups excluding carboxylic acids is 2. The summed E-state index contributed by atoms with van der Waals surface area (Å²) in [5, 5.41) is 9.97. The van der Waals surface area contributed by atoms with Crippen molar-refractivity contribution < 1.29 is 14.3 Å².